The number of hydrogen-bond donors (Lipinski definition) is 0. The van der Waals surface area contributed by atoms with Gasteiger partial charge in [0.2, 0.25) is 5.91 Å². The second-order valence-corrected chi connectivity index (χ2v) is 15.9. The average Bonchev–Trinajstić information content (AvgIpc) is 3.71. The topological polar surface area (TPSA) is 141 Å². The minimum atomic E-state index is -0.612. The maximum Gasteiger partial charge on any atom is 0.328 e. The molecule has 2 saturated heterocycles. The van der Waals surface area contributed by atoms with Gasteiger partial charge in [-0.05, 0) is 58.4 Å². The summed E-state index contributed by atoms with van der Waals surface area (Å²) in [6.07, 6.45) is 10.8. The number of ether oxygens (including phenoxy) is 1. The molecular weight excluding hydrogens is 600 g/mol. The Balaban J connectivity index is 1.09. The number of carbonyl (C=O) groups is 3. The summed E-state index contributed by atoms with van der Waals surface area (Å²) in [5, 5.41) is 13.5. The fraction of sp³-hybridized carbons (Fsp3) is 0.676. The fourth-order valence-corrected chi connectivity index (χ4v) is 7.71. The highest BCUT2D eigenvalue weighted by Crippen LogP contribution is 2.55. The van der Waals surface area contributed by atoms with Crippen LogP contribution in [0.25, 0.3) is 0 Å². The number of amides is 2. The first-order valence-corrected chi connectivity index (χ1v) is 16.9. The van der Waals surface area contributed by atoms with Crippen LogP contribution in [0.2, 0.25) is 0 Å². The van der Waals surface area contributed by atoms with Crippen LogP contribution in [0.1, 0.15) is 119 Å². The zero-order chi connectivity index (χ0) is 33.3. The minimum absolute atomic E-state index is 0.0409. The van der Waals surface area contributed by atoms with Gasteiger partial charge >= 0.3 is 5.97 Å². The van der Waals surface area contributed by atoms with E-state index in [9.17, 15) is 14.4 Å². The van der Waals surface area contributed by atoms with Crippen molar-refractivity contribution in [1.29, 1.82) is 0 Å². The summed E-state index contributed by atoms with van der Waals surface area (Å²) in [6.45, 7) is 13.5. The molecule has 47 heavy (non-hydrogen) atoms. The van der Waals surface area contributed by atoms with E-state index in [-0.39, 0.29) is 47.1 Å². The number of nitrogens with zero attached hydrogens (tertiary/aromatic N) is 8. The molecule has 0 aromatic carbocycles. The number of carbonyl (C=O) groups excluding carboxylic acids is 3. The number of likely N-dealkylation sites (tertiary alicyclic amines) is 2. The van der Waals surface area contributed by atoms with Crippen LogP contribution >= 0.6 is 0 Å². The Morgan fingerprint density at radius 2 is 1.81 bits per heavy atom. The molecule has 7 rings (SSSR count). The molecule has 2 amide bonds. The third kappa shape index (κ3) is 6.09. The van der Waals surface area contributed by atoms with Gasteiger partial charge in [0, 0.05) is 55.8 Å². The Morgan fingerprint density at radius 1 is 1.11 bits per heavy atom. The van der Waals surface area contributed by atoms with E-state index in [0.29, 0.717) is 49.4 Å². The lowest BCUT2D eigenvalue weighted by atomic mass is 9.71. The standard InChI is InChI=1S/C34H46N8O5/c1-21(42-12-11-26(37-42)22-9-7-8-10-22)29-36-28(38-47-29)25-16-39(18-34(25)19-40(20-34)31(45)24-13-33(24,5)6)30(44)23-14-35-41(15-23)17-27(43)46-32(2,3)4/h11-12,14-15,21-22,24-25H,7-10,13,16-20H2,1-6H3/t21?,24-,25?/m1/s1. The normalized spacial score (nSPS) is 24.0. The molecule has 2 aliphatic carbocycles. The highest BCUT2D eigenvalue weighted by molar-refractivity contribution is 5.94. The Morgan fingerprint density at radius 3 is 2.49 bits per heavy atom. The Labute approximate surface area is 275 Å². The number of aromatic nitrogens is 6. The van der Waals surface area contributed by atoms with E-state index in [2.05, 4.69) is 30.2 Å². The fourth-order valence-electron chi connectivity index (χ4n) is 7.71. The van der Waals surface area contributed by atoms with Gasteiger partial charge in [0.05, 0.1) is 23.4 Å². The summed E-state index contributed by atoms with van der Waals surface area (Å²) >= 11 is 0. The molecule has 13 heteroatoms. The zero-order valence-corrected chi connectivity index (χ0v) is 28.3. The lowest BCUT2D eigenvalue weighted by Gasteiger charge is -2.50. The molecule has 3 aromatic rings. The zero-order valence-electron chi connectivity index (χ0n) is 28.3. The molecule has 3 aromatic heterocycles. The summed E-state index contributed by atoms with van der Waals surface area (Å²) in [5.74, 6) is 0.935. The smallest absolute Gasteiger partial charge is 0.328 e. The largest absolute Gasteiger partial charge is 0.459 e. The summed E-state index contributed by atoms with van der Waals surface area (Å²) in [7, 11) is 0. The van der Waals surface area contributed by atoms with Crippen LogP contribution in [0.3, 0.4) is 0 Å². The average molecular weight is 647 g/mol. The predicted molar refractivity (Wildman–Crippen MR) is 169 cm³/mol. The van der Waals surface area contributed by atoms with Crippen LogP contribution in [-0.2, 0) is 20.9 Å². The highest BCUT2D eigenvalue weighted by Gasteiger charge is 2.61. The third-order valence-corrected chi connectivity index (χ3v) is 10.6. The first-order valence-electron chi connectivity index (χ1n) is 16.9. The van der Waals surface area contributed by atoms with E-state index < -0.39 is 11.6 Å². The van der Waals surface area contributed by atoms with Gasteiger partial charge < -0.3 is 19.1 Å². The third-order valence-electron chi connectivity index (χ3n) is 10.6. The van der Waals surface area contributed by atoms with Crippen molar-refractivity contribution in [1.82, 2.24) is 39.5 Å². The van der Waals surface area contributed by atoms with Crippen molar-refractivity contribution in [3.8, 4) is 0 Å². The van der Waals surface area contributed by atoms with Crippen molar-refractivity contribution in [3.63, 3.8) is 0 Å². The SMILES string of the molecule is CC(c1nc(C2CN(C(=O)c3cnn(CC(=O)OC(C)(C)C)c3)CC23CN(C(=O)[C@H]2CC2(C)C)C3)no1)n1ccc(C2CCCC2)n1. The lowest BCUT2D eigenvalue weighted by Crippen LogP contribution is -2.62. The van der Waals surface area contributed by atoms with Crippen LogP contribution in [0.4, 0.5) is 0 Å². The maximum atomic E-state index is 13.8. The van der Waals surface area contributed by atoms with Gasteiger partial charge in [0.15, 0.2) is 5.82 Å². The molecule has 252 valence electrons. The maximum absolute atomic E-state index is 13.8. The van der Waals surface area contributed by atoms with Crippen molar-refractivity contribution >= 4 is 17.8 Å². The number of esters is 1. The quantitative estimate of drug-likeness (QED) is 0.330. The minimum Gasteiger partial charge on any atom is -0.459 e. The predicted octanol–water partition coefficient (Wildman–Crippen LogP) is 4.19. The summed E-state index contributed by atoms with van der Waals surface area (Å²) < 4.78 is 14.5. The van der Waals surface area contributed by atoms with Crippen LogP contribution in [0, 0.1) is 16.7 Å². The summed E-state index contributed by atoms with van der Waals surface area (Å²) in [5.41, 5.74) is 0.543. The van der Waals surface area contributed by atoms with Crippen molar-refractivity contribution < 1.29 is 23.6 Å². The van der Waals surface area contributed by atoms with Crippen molar-refractivity contribution in [2.24, 2.45) is 16.7 Å². The van der Waals surface area contributed by atoms with Crippen LogP contribution in [-0.4, -0.2) is 89.1 Å². The van der Waals surface area contributed by atoms with Gasteiger partial charge in [-0.1, -0.05) is 31.8 Å². The Hall–Kier alpha value is -4.03. The van der Waals surface area contributed by atoms with Gasteiger partial charge in [0.25, 0.3) is 11.8 Å². The molecule has 4 aliphatic rings. The molecule has 2 aliphatic heterocycles. The first kappa shape index (κ1) is 31.6. The summed E-state index contributed by atoms with van der Waals surface area (Å²) in [4.78, 5) is 48.0. The van der Waals surface area contributed by atoms with Crippen LogP contribution in [0.15, 0.2) is 29.2 Å². The highest BCUT2D eigenvalue weighted by atomic mass is 16.6. The second-order valence-electron chi connectivity index (χ2n) is 15.9. The molecule has 2 saturated carbocycles. The molecule has 5 heterocycles. The van der Waals surface area contributed by atoms with E-state index in [4.69, 9.17) is 19.3 Å². The number of hydrogen-bond acceptors (Lipinski definition) is 9. The van der Waals surface area contributed by atoms with E-state index in [0.717, 1.165) is 12.1 Å². The van der Waals surface area contributed by atoms with Crippen molar-refractivity contribution in [2.75, 3.05) is 26.2 Å². The molecule has 0 radical (unpaired) electrons. The van der Waals surface area contributed by atoms with E-state index >= 15 is 0 Å². The molecule has 0 N–H and O–H groups in total. The summed E-state index contributed by atoms with van der Waals surface area (Å²) in [6, 6.07) is 1.85. The van der Waals surface area contributed by atoms with Gasteiger partial charge in [-0.2, -0.15) is 15.2 Å². The number of rotatable bonds is 8. The first-order chi connectivity index (χ1) is 22.2. The van der Waals surface area contributed by atoms with Gasteiger partial charge in [0.1, 0.15) is 18.2 Å². The molecule has 2 unspecified atom stereocenters. The molecule has 0 bridgehead atoms. The lowest BCUT2D eigenvalue weighted by molar-refractivity contribution is -0.155. The molecular formula is C34H46N8O5. The Kier molecular flexibility index (Phi) is 7.59. The van der Waals surface area contributed by atoms with Crippen molar-refractivity contribution in [3.05, 3.63) is 47.6 Å². The Bertz CT molecular complexity index is 1670. The molecule has 1 spiro atoms. The second kappa shape index (κ2) is 11.3. The van der Waals surface area contributed by atoms with Crippen LogP contribution in [0.5, 0.6) is 0 Å². The molecule has 13 nitrogen and oxygen atoms in total. The molecule has 3 atom stereocenters. The van der Waals surface area contributed by atoms with E-state index in [1.54, 1.807) is 31.9 Å². The van der Waals surface area contributed by atoms with Crippen LogP contribution < -0.4 is 0 Å². The van der Waals surface area contributed by atoms with Crippen molar-refractivity contribution in [2.45, 2.75) is 104 Å². The van der Waals surface area contributed by atoms with E-state index in [1.807, 2.05) is 22.7 Å². The monoisotopic (exact) mass is 646 g/mol. The molecule has 4 fully saturated rings. The van der Waals surface area contributed by atoms with Gasteiger partial charge in [-0.25, -0.2) is 0 Å². The van der Waals surface area contributed by atoms with Gasteiger partial charge in [-0.15, -0.1) is 0 Å². The van der Waals surface area contributed by atoms with E-state index in [1.165, 1.54) is 36.6 Å². The van der Waals surface area contributed by atoms with Gasteiger partial charge in [-0.3, -0.25) is 23.7 Å².